The van der Waals surface area contributed by atoms with E-state index in [2.05, 4.69) is 16.1 Å². The fraction of sp³-hybridized carbons (Fsp3) is 0.367. The summed E-state index contributed by atoms with van der Waals surface area (Å²) in [6.45, 7) is 0. The van der Waals surface area contributed by atoms with Gasteiger partial charge in [-0.3, -0.25) is 4.79 Å². The first-order valence-corrected chi connectivity index (χ1v) is 12.9. The highest BCUT2D eigenvalue weighted by molar-refractivity contribution is 5.79. The first kappa shape index (κ1) is 28.5. The highest BCUT2D eigenvalue weighted by atomic mass is 19.3. The van der Waals surface area contributed by atoms with Gasteiger partial charge in [-0.25, -0.2) is 4.39 Å². The van der Waals surface area contributed by atoms with E-state index < -0.39 is 36.2 Å². The molecule has 1 amide bonds. The molecule has 0 radical (unpaired) electrons. The molecule has 39 heavy (non-hydrogen) atoms. The van der Waals surface area contributed by atoms with Gasteiger partial charge in [0.25, 0.3) is 0 Å². The van der Waals surface area contributed by atoms with Crippen molar-refractivity contribution >= 4 is 5.91 Å². The number of ether oxygens (including phenoxy) is 1. The fourth-order valence-corrected chi connectivity index (χ4v) is 4.96. The maximum atomic E-state index is 13.5. The Labute approximate surface area is 223 Å². The zero-order valence-corrected chi connectivity index (χ0v) is 21.2. The summed E-state index contributed by atoms with van der Waals surface area (Å²) in [5.74, 6) is -1.33. The Morgan fingerprint density at radius 3 is 2.44 bits per heavy atom. The van der Waals surface area contributed by atoms with Gasteiger partial charge in [0.15, 0.2) is 0 Å². The van der Waals surface area contributed by atoms with Crippen LogP contribution in [0.2, 0.25) is 0 Å². The number of alkyl halides is 4. The van der Waals surface area contributed by atoms with Gasteiger partial charge in [-0.15, -0.1) is 0 Å². The molecule has 4 nitrogen and oxygen atoms in total. The number of fused-ring (bicyclic) bond motifs is 1. The Morgan fingerprint density at radius 1 is 0.974 bits per heavy atom. The van der Waals surface area contributed by atoms with E-state index in [1.165, 1.54) is 41.5 Å². The zero-order valence-electron chi connectivity index (χ0n) is 21.2. The number of halogens is 5. The number of carbonyl (C=O) groups excluding carboxylic acids is 1. The van der Waals surface area contributed by atoms with E-state index in [0.717, 1.165) is 49.8 Å². The molecule has 1 aliphatic rings. The minimum absolute atomic E-state index is 0.0331. The molecule has 0 spiro atoms. The fourth-order valence-electron chi connectivity index (χ4n) is 4.96. The summed E-state index contributed by atoms with van der Waals surface area (Å²) in [5.41, 5.74) is 4.01. The van der Waals surface area contributed by atoms with E-state index in [-0.39, 0.29) is 18.7 Å². The number of amides is 1. The van der Waals surface area contributed by atoms with Crippen molar-refractivity contribution in [1.29, 1.82) is 0 Å². The van der Waals surface area contributed by atoms with Gasteiger partial charge in [0.05, 0.1) is 18.6 Å². The molecule has 0 aliphatic heterocycles. The smallest absolute Gasteiger partial charge is 0.428 e. The number of benzene rings is 3. The van der Waals surface area contributed by atoms with Crippen molar-refractivity contribution in [2.75, 3.05) is 0 Å². The van der Waals surface area contributed by atoms with Crippen LogP contribution >= 0.6 is 0 Å². The third-order valence-electron chi connectivity index (χ3n) is 6.90. The molecule has 0 aromatic heterocycles. The Bertz CT molecular complexity index is 1270. The molecule has 0 saturated carbocycles. The summed E-state index contributed by atoms with van der Waals surface area (Å²) in [5, 5.41) is 14.0. The van der Waals surface area contributed by atoms with Crippen molar-refractivity contribution in [3.05, 3.63) is 100 Å². The average molecular weight is 548 g/mol. The van der Waals surface area contributed by atoms with Crippen molar-refractivity contribution < 1.29 is 36.6 Å². The lowest BCUT2D eigenvalue weighted by molar-refractivity contribution is -0.253. The predicted molar refractivity (Wildman–Crippen MR) is 136 cm³/mol. The summed E-state index contributed by atoms with van der Waals surface area (Å²) in [7, 11) is 0. The minimum atomic E-state index is -4.67. The van der Waals surface area contributed by atoms with Gasteiger partial charge < -0.3 is 15.2 Å². The molecule has 3 aromatic carbocycles. The van der Waals surface area contributed by atoms with Crippen LogP contribution in [0.1, 0.15) is 53.2 Å². The number of aryl methyl sites for hydroxylation is 1. The van der Waals surface area contributed by atoms with Crippen molar-refractivity contribution in [3.63, 3.8) is 0 Å². The molecule has 1 aliphatic carbocycles. The van der Waals surface area contributed by atoms with Gasteiger partial charge >= 0.3 is 12.5 Å². The summed E-state index contributed by atoms with van der Waals surface area (Å²) >= 11 is 0. The number of nitrogens with one attached hydrogen (secondary N) is 1. The SMILES string of the molecule is O=C(Cc1cccc2c1CCCCC2)NC(Cc1cccc(OC(F)(F)C(F)F)c1)C(O)c1ccc(F)cc1. The van der Waals surface area contributed by atoms with E-state index in [4.69, 9.17) is 0 Å². The Balaban J connectivity index is 1.55. The van der Waals surface area contributed by atoms with E-state index in [1.807, 2.05) is 12.1 Å². The number of hydrogen-bond acceptors (Lipinski definition) is 3. The van der Waals surface area contributed by atoms with E-state index >= 15 is 0 Å². The Morgan fingerprint density at radius 2 is 1.69 bits per heavy atom. The Kier molecular flexibility index (Phi) is 9.22. The molecule has 2 atom stereocenters. The Hall–Kier alpha value is -3.46. The lowest BCUT2D eigenvalue weighted by Gasteiger charge is -2.26. The molecule has 208 valence electrons. The second-order valence-corrected chi connectivity index (χ2v) is 9.78. The second kappa shape index (κ2) is 12.6. The highest BCUT2D eigenvalue weighted by Gasteiger charge is 2.44. The third-order valence-corrected chi connectivity index (χ3v) is 6.90. The van der Waals surface area contributed by atoms with Gasteiger partial charge in [0.1, 0.15) is 11.6 Å². The lowest BCUT2D eigenvalue weighted by atomic mass is 9.93. The first-order chi connectivity index (χ1) is 18.6. The molecule has 0 fully saturated rings. The molecule has 2 unspecified atom stereocenters. The van der Waals surface area contributed by atoms with Crippen molar-refractivity contribution in [3.8, 4) is 5.75 Å². The van der Waals surface area contributed by atoms with Crippen LogP contribution in [0.5, 0.6) is 5.75 Å². The summed E-state index contributed by atoms with van der Waals surface area (Å²) in [4.78, 5) is 13.2. The number of hydrogen-bond donors (Lipinski definition) is 2. The molecular formula is C30H30F5NO3. The van der Waals surface area contributed by atoms with Gasteiger partial charge in [-0.1, -0.05) is 48.9 Å². The minimum Gasteiger partial charge on any atom is -0.428 e. The molecule has 0 bridgehead atoms. The van der Waals surface area contributed by atoms with Gasteiger partial charge in [0, 0.05) is 0 Å². The van der Waals surface area contributed by atoms with Crippen LogP contribution in [0.4, 0.5) is 22.0 Å². The van der Waals surface area contributed by atoms with Gasteiger partial charge in [-0.2, -0.15) is 17.6 Å². The van der Waals surface area contributed by atoms with Crippen LogP contribution in [0.25, 0.3) is 0 Å². The zero-order chi connectivity index (χ0) is 28.0. The van der Waals surface area contributed by atoms with Crippen LogP contribution in [-0.4, -0.2) is 29.6 Å². The summed E-state index contributed by atoms with van der Waals surface area (Å²) < 4.78 is 69.7. The van der Waals surface area contributed by atoms with Crippen LogP contribution in [0.15, 0.2) is 66.7 Å². The van der Waals surface area contributed by atoms with Crippen molar-refractivity contribution in [2.45, 2.75) is 69.6 Å². The summed E-state index contributed by atoms with van der Waals surface area (Å²) in [6, 6.07) is 15.3. The standard InChI is InChI=1S/C30H30F5NO3/c31-23-14-12-21(13-15-23)28(38)26(17-19-6-4-10-24(16-19)39-30(34,35)29(32)33)36-27(37)18-22-9-5-8-20-7-2-1-3-11-25(20)22/h4-6,8-10,12-16,26,28-29,38H,1-3,7,11,17-18H2,(H,36,37). The predicted octanol–water partition coefficient (Wildman–Crippen LogP) is 6.33. The van der Waals surface area contributed by atoms with E-state index in [1.54, 1.807) is 6.07 Å². The van der Waals surface area contributed by atoms with E-state index in [9.17, 15) is 31.9 Å². The van der Waals surface area contributed by atoms with Crippen LogP contribution in [-0.2, 0) is 30.5 Å². The average Bonchev–Trinajstić information content (AvgIpc) is 3.15. The normalized spacial score (nSPS) is 15.3. The molecule has 4 rings (SSSR count). The lowest BCUT2D eigenvalue weighted by Crippen LogP contribution is -2.41. The van der Waals surface area contributed by atoms with Gasteiger partial charge in [-0.05, 0) is 84.2 Å². The molecule has 2 N–H and O–H groups in total. The summed E-state index contributed by atoms with van der Waals surface area (Å²) in [6.07, 6.45) is -4.80. The molecule has 0 heterocycles. The van der Waals surface area contributed by atoms with Crippen molar-refractivity contribution in [1.82, 2.24) is 5.32 Å². The molecule has 9 heteroatoms. The van der Waals surface area contributed by atoms with E-state index in [0.29, 0.717) is 11.1 Å². The third kappa shape index (κ3) is 7.56. The quantitative estimate of drug-likeness (QED) is 0.230. The molecular weight excluding hydrogens is 517 g/mol. The largest absolute Gasteiger partial charge is 0.461 e. The second-order valence-electron chi connectivity index (χ2n) is 9.78. The van der Waals surface area contributed by atoms with Gasteiger partial charge in [0.2, 0.25) is 5.91 Å². The molecule has 0 saturated heterocycles. The molecule has 3 aromatic rings. The first-order valence-electron chi connectivity index (χ1n) is 12.9. The van der Waals surface area contributed by atoms with Crippen molar-refractivity contribution in [2.24, 2.45) is 0 Å². The monoisotopic (exact) mass is 547 g/mol. The van der Waals surface area contributed by atoms with Crippen LogP contribution in [0, 0.1) is 5.82 Å². The number of carbonyl (C=O) groups is 1. The number of rotatable bonds is 10. The number of aliphatic hydroxyl groups is 1. The maximum Gasteiger partial charge on any atom is 0.461 e. The highest BCUT2D eigenvalue weighted by Crippen LogP contribution is 2.29. The topological polar surface area (TPSA) is 58.6 Å². The maximum absolute atomic E-state index is 13.5. The van der Waals surface area contributed by atoms with Crippen LogP contribution in [0.3, 0.4) is 0 Å². The van der Waals surface area contributed by atoms with Crippen LogP contribution < -0.4 is 10.1 Å². The number of aliphatic hydroxyl groups excluding tert-OH is 1.